The predicted octanol–water partition coefficient (Wildman–Crippen LogP) is 6.21. The minimum Gasteiger partial charge on any atom is -0.497 e. The van der Waals surface area contributed by atoms with Crippen LogP contribution in [0.15, 0.2) is 78.9 Å². The number of hydrogen-bond acceptors (Lipinski definition) is 4. The molecule has 43 heavy (non-hydrogen) atoms. The van der Waals surface area contributed by atoms with Gasteiger partial charge in [0, 0.05) is 24.5 Å². The first-order valence-electron chi connectivity index (χ1n) is 14.6. The van der Waals surface area contributed by atoms with Gasteiger partial charge in [0.25, 0.3) is 0 Å². The number of ether oxygens (including phenoxy) is 1. The van der Waals surface area contributed by atoms with Crippen molar-refractivity contribution in [2.24, 2.45) is 5.41 Å². The molecule has 1 saturated heterocycles. The molecule has 1 aliphatic carbocycles. The standard InChI is InChI=1S/C34H37F3N2O4/c1-38-15-14-33(20-24-9-6-12-26(16-24)31(40)41,21-27(38)17-23-8-7-13-28(18-23)43-2)22-39(32(42)34(35,36)37)30-19-29(30)25-10-4-3-5-11-25/h3-13,16,18,27,29-30H,14-15,17,19-22H2,1-2H3,(H,40,41)/t27?,29-,30+,33?/m0/s1. The Morgan fingerprint density at radius 2 is 1.74 bits per heavy atom. The summed E-state index contributed by atoms with van der Waals surface area (Å²) in [6.45, 7) is 0.577. The van der Waals surface area contributed by atoms with Crippen molar-refractivity contribution < 1.29 is 32.6 Å². The number of likely N-dealkylation sites (tertiary alicyclic amines) is 1. The molecular formula is C34H37F3N2O4. The zero-order chi connectivity index (χ0) is 30.8. The van der Waals surface area contributed by atoms with Gasteiger partial charge in [-0.1, -0.05) is 54.6 Å². The number of piperidine rings is 1. The summed E-state index contributed by atoms with van der Waals surface area (Å²) in [5.41, 5.74) is 2.14. The molecule has 2 fully saturated rings. The van der Waals surface area contributed by atoms with Crippen LogP contribution >= 0.6 is 0 Å². The van der Waals surface area contributed by atoms with Gasteiger partial charge in [-0.2, -0.15) is 13.2 Å². The van der Waals surface area contributed by atoms with Crippen LogP contribution in [-0.4, -0.2) is 72.3 Å². The minimum absolute atomic E-state index is 0.00419. The second kappa shape index (κ2) is 12.4. The number of alkyl halides is 3. The van der Waals surface area contributed by atoms with Crippen LogP contribution in [-0.2, 0) is 17.6 Å². The van der Waals surface area contributed by atoms with E-state index in [2.05, 4.69) is 4.90 Å². The Morgan fingerprint density at radius 1 is 1.02 bits per heavy atom. The van der Waals surface area contributed by atoms with Gasteiger partial charge in [0.1, 0.15) is 5.75 Å². The Hall–Kier alpha value is -3.85. The zero-order valence-electron chi connectivity index (χ0n) is 24.4. The molecule has 1 aliphatic heterocycles. The molecular weight excluding hydrogens is 557 g/mol. The lowest BCUT2D eigenvalue weighted by Crippen LogP contribution is -2.54. The SMILES string of the molecule is COc1cccc(CC2CC(Cc3cccc(C(=O)O)c3)(CN(C(=O)C(F)(F)F)[C@@H]3C[C@H]3c3ccccc3)CCN2C)c1. The number of likely N-dealkylation sites (N-methyl/N-ethyl adjacent to an activating group) is 1. The monoisotopic (exact) mass is 594 g/mol. The fourth-order valence-corrected chi connectivity index (χ4v) is 6.71. The van der Waals surface area contributed by atoms with E-state index in [1.807, 2.05) is 67.7 Å². The van der Waals surface area contributed by atoms with Crippen LogP contribution < -0.4 is 4.74 Å². The van der Waals surface area contributed by atoms with Crippen molar-refractivity contribution in [2.75, 3.05) is 27.2 Å². The number of carboxylic acid groups (broad SMARTS) is 1. The van der Waals surface area contributed by atoms with Gasteiger partial charge < -0.3 is 19.6 Å². The highest BCUT2D eigenvalue weighted by atomic mass is 19.4. The summed E-state index contributed by atoms with van der Waals surface area (Å²) in [5, 5.41) is 9.59. The van der Waals surface area contributed by atoms with E-state index >= 15 is 0 Å². The lowest BCUT2D eigenvalue weighted by atomic mass is 9.69. The molecule has 6 nitrogen and oxygen atoms in total. The van der Waals surface area contributed by atoms with Crippen LogP contribution in [0, 0.1) is 5.41 Å². The van der Waals surface area contributed by atoms with E-state index in [4.69, 9.17) is 4.74 Å². The molecule has 3 aromatic rings. The Kier molecular flexibility index (Phi) is 8.83. The summed E-state index contributed by atoms with van der Waals surface area (Å²) in [7, 11) is 3.62. The fourth-order valence-electron chi connectivity index (χ4n) is 6.71. The number of carboxylic acids is 1. The molecule has 2 aliphatic rings. The number of rotatable bonds is 10. The average Bonchev–Trinajstić information content (AvgIpc) is 3.79. The van der Waals surface area contributed by atoms with Gasteiger partial charge in [0.15, 0.2) is 0 Å². The van der Waals surface area contributed by atoms with Crippen molar-refractivity contribution in [3.8, 4) is 5.75 Å². The molecule has 1 amide bonds. The Balaban J connectivity index is 1.50. The number of hydrogen-bond donors (Lipinski definition) is 1. The first-order valence-corrected chi connectivity index (χ1v) is 14.6. The number of carbonyl (C=O) groups excluding carboxylic acids is 1. The van der Waals surface area contributed by atoms with Crippen molar-refractivity contribution in [1.82, 2.24) is 9.80 Å². The van der Waals surface area contributed by atoms with E-state index in [1.165, 1.54) is 6.07 Å². The number of aromatic carboxylic acids is 1. The van der Waals surface area contributed by atoms with Gasteiger partial charge in [0.05, 0.1) is 12.7 Å². The Morgan fingerprint density at radius 3 is 2.44 bits per heavy atom. The molecule has 0 aromatic heterocycles. The van der Waals surface area contributed by atoms with Gasteiger partial charge in [-0.3, -0.25) is 4.79 Å². The van der Waals surface area contributed by atoms with E-state index < -0.39 is 29.5 Å². The van der Waals surface area contributed by atoms with E-state index in [0.717, 1.165) is 27.3 Å². The van der Waals surface area contributed by atoms with Crippen LogP contribution in [0.3, 0.4) is 0 Å². The van der Waals surface area contributed by atoms with Crippen molar-refractivity contribution in [2.45, 2.75) is 56.3 Å². The van der Waals surface area contributed by atoms with Crippen LogP contribution in [0.1, 0.15) is 52.2 Å². The summed E-state index contributed by atoms with van der Waals surface area (Å²) in [6, 6.07) is 23.2. The minimum atomic E-state index is -5.00. The molecule has 4 atom stereocenters. The number of halogens is 3. The highest BCUT2D eigenvalue weighted by Gasteiger charge is 2.54. The number of benzene rings is 3. The lowest BCUT2D eigenvalue weighted by Gasteiger charge is -2.48. The number of amides is 1. The Bertz CT molecular complexity index is 1450. The molecule has 228 valence electrons. The summed E-state index contributed by atoms with van der Waals surface area (Å²) >= 11 is 0. The highest BCUT2D eigenvalue weighted by Crippen LogP contribution is 2.49. The van der Waals surface area contributed by atoms with Gasteiger partial charge in [-0.05, 0) is 92.1 Å². The topological polar surface area (TPSA) is 70.1 Å². The van der Waals surface area contributed by atoms with Crippen molar-refractivity contribution in [3.05, 3.63) is 101 Å². The summed E-state index contributed by atoms with van der Waals surface area (Å²) in [5.74, 6) is -2.29. The van der Waals surface area contributed by atoms with E-state index in [0.29, 0.717) is 38.6 Å². The van der Waals surface area contributed by atoms with Crippen LogP contribution in [0.5, 0.6) is 5.75 Å². The third-order valence-corrected chi connectivity index (χ3v) is 9.04. The molecule has 0 bridgehead atoms. The largest absolute Gasteiger partial charge is 0.497 e. The second-order valence-corrected chi connectivity index (χ2v) is 12.1. The van der Waals surface area contributed by atoms with Crippen molar-refractivity contribution in [1.29, 1.82) is 0 Å². The molecule has 2 unspecified atom stereocenters. The third kappa shape index (κ3) is 7.21. The summed E-state index contributed by atoms with van der Waals surface area (Å²) in [4.78, 5) is 28.1. The highest BCUT2D eigenvalue weighted by molar-refractivity contribution is 5.87. The van der Waals surface area contributed by atoms with Crippen molar-refractivity contribution >= 4 is 11.9 Å². The number of nitrogens with zero attached hydrogens (tertiary/aromatic N) is 2. The molecule has 1 N–H and O–H groups in total. The maximum absolute atomic E-state index is 14.1. The van der Waals surface area contributed by atoms with E-state index in [9.17, 15) is 27.9 Å². The average molecular weight is 595 g/mol. The van der Waals surface area contributed by atoms with E-state index in [-0.39, 0.29) is 24.1 Å². The fraction of sp³-hybridized carbons (Fsp3) is 0.412. The first-order chi connectivity index (χ1) is 20.5. The van der Waals surface area contributed by atoms with E-state index in [1.54, 1.807) is 19.2 Å². The van der Waals surface area contributed by atoms with Gasteiger partial charge in [-0.15, -0.1) is 0 Å². The number of carbonyl (C=O) groups is 2. The maximum Gasteiger partial charge on any atom is 0.471 e. The molecule has 1 saturated carbocycles. The van der Waals surface area contributed by atoms with Crippen LogP contribution in [0.2, 0.25) is 0 Å². The Labute approximate surface area is 250 Å². The third-order valence-electron chi connectivity index (χ3n) is 9.04. The molecule has 0 spiro atoms. The quantitative estimate of drug-likeness (QED) is 0.303. The molecule has 9 heteroatoms. The van der Waals surface area contributed by atoms with Gasteiger partial charge in [0.2, 0.25) is 0 Å². The van der Waals surface area contributed by atoms with Gasteiger partial charge >= 0.3 is 18.1 Å². The van der Waals surface area contributed by atoms with Crippen molar-refractivity contribution in [3.63, 3.8) is 0 Å². The smallest absolute Gasteiger partial charge is 0.471 e. The molecule has 1 heterocycles. The molecule has 3 aromatic carbocycles. The van der Waals surface area contributed by atoms with Crippen LogP contribution in [0.4, 0.5) is 13.2 Å². The summed E-state index contributed by atoms with van der Waals surface area (Å²) < 4.78 is 47.7. The molecule has 5 rings (SSSR count). The predicted molar refractivity (Wildman–Crippen MR) is 157 cm³/mol. The zero-order valence-corrected chi connectivity index (χ0v) is 24.4. The maximum atomic E-state index is 14.1. The van der Waals surface area contributed by atoms with Gasteiger partial charge in [-0.25, -0.2) is 4.79 Å². The summed E-state index contributed by atoms with van der Waals surface area (Å²) in [6.07, 6.45) is -2.39. The first kappa shape index (κ1) is 30.6. The van der Waals surface area contributed by atoms with Crippen LogP contribution in [0.25, 0.3) is 0 Å². The second-order valence-electron chi connectivity index (χ2n) is 12.1. The number of methoxy groups -OCH3 is 1. The normalized spacial score (nSPS) is 23.9. The lowest BCUT2D eigenvalue weighted by molar-refractivity contribution is -0.188. The molecule has 0 radical (unpaired) electrons.